The minimum Gasteiger partial charge on any atom is -0.294 e. The third kappa shape index (κ3) is 4.35. The van der Waals surface area contributed by atoms with Crippen LogP contribution in [0.15, 0.2) is 84.2 Å². The topological polar surface area (TPSA) is 40.5 Å². The predicted octanol–water partition coefficient (Wildman–Crippen LogP) is 4.29. The average molecular weight is 377 g/mol. The molecule has 1 atom stereocenters. The molecule has 2 heterocycles. The van der Waals surface area contributed by atoms with Crippen molar-refractivity contribution in [1.29, 1.82) is 0 Å². The maximum atomic E-state index is 6.06. The maximum absolute atomic E-state index is 6.06. The first-order valence-electron chi connectivity index (χ1n) is 9.03. The number of nitrogens with one attached hydrogen (secondary N) is 1. The zero-order valence-corrected chi connectivity index (χ0v) is 15.7. The van der Waals surface area contributed by atoms with Crippen LogP contribution in [-0.4, -0.2) is 28.9 Å². The Kier molecular flexibility index (Phi) is 5.47. The van der Waals surface area contributed by atoms with Gasteiger partial charge >= 0.3 is 0 Å². The van der Waals surface area contributed by atoms with Gasteiger partial charge in [0.05, 0.1) is 18.9 Å². The van der Waals surface area contributed by atoms with Gasteiger partial charge in [-0.25, -0.2) is 0 Å². The van der Waals surface area contributed by atoms with E-state index in [1.54, 1.807) is 6.20 Å². The fourth-order valence-electron chi connectivity index (χ4n) is 3.32. The highest BCUT2D eigenvalue weighted by Crippen LogP contribution is 2.28. The van der Waals surface area contributed by atoms with E-state index in [9.17, 15) is 0 Å². The van der Waals surface area contributed by atoms with E-state index >= 15 is 0 Å². The molecule has 1 unspecified atom stereocenters. The minimum atomic E-state index is 0.243. The first kappa shape index (κ1) is 17.7. The van der Waals surface area contributed by atoms with Crippen LogP contribution in [0.25, 0.3) is 0 Å². The van der Waals surface area contributed by atoms with Crippen molar-refractivity contribution in [3.63, 3.8) is 0 Å². The number of rotatable bonds is 6. The molecule has 4 rings (SSSR count). The Hall–Kier alpha value is -2.69. The van der Waals surface area contributed by atoms with E-state index in [0.29, 0.717) is 6.67 Å². The number of pyridine rings is 1. The molecule has 1 aliphatic rings. The van der Waals surface area contributed by atoms with Gasteiger partial charge in [0, 0.05) is 29.9 Å². The van der Waals surface area contributed by atoms with Crippen LogP contribution >= 0.6 is 11.6 Å². The van der Waals surface area contributed by atoms with Gasteiger partial charge in [-0.3, -0.25) is 15.3 Å². The van der Waals surface area contributed by atoms with Crippen molar-refractivity contribution in [1.82, 2.24) is 15.3 Å². The second-order valence-corrected chi connectivity index (χ2v) is 7.03. The Morgan fingerprint density at radius 1 is 1.00 bits per heavy atom. The molecule has 4 nitrogen and oxygen atoms in total. The molecular weight excluding hydrogens is 356 g/mol. The molecular formula is C22H21ClN4. The van der Waals surface area contributed by atoms with E-state index in [1.165, 1.54) is 11.1 Å². The molecule has 0 saturated heterocycles. The molecule has 3 aromatic rings. The van der Waals surface area contributed by atoms with E-state index in [-0.39, 0.29) is 5.92 Å². The largest absolute Gasteiger partial charge is 0.294 e. The standard InChI is InChI=1S/C22H21ClN4/c23-20-10-8-19(9-11-20)22-21(18-6-2-1-3-7-18)15-27(26-22)16-25-14-17-5-4-12-24-13-17/h1-13,21,25H,14-16H2. The Bertz CT molecular complexity index is 895. The predicted molar refractivity (Wildman–Crippen MR) is 110 cm³/mol. The molecule has 1 aromatic heterocycles. The quantitative estimate of drug-likeness (QED) is 0.697. The highest BCUT2D eigenvalue weighted by molar-refractivity contribution is 6.30. The SMILES string of the molecule is Clc1ccc(C2=NN(CNCc3cccnc3)CC2c2ccccc2)cc1. The molecule has 0 spiro atoms. The first-order chi connectivity index (χ1) is 13.3. The van der Waals surface area contributed by atoms with Crippen LogP contribution in [0.1, 0.15) is 22.6 Å². The summed E-state index contributed by atoms with van der Waals surface area (Å²) in [6.07, 6.45) is 3.67. The monoisotopic (exact) mass is 376 g/mol. The van der Waals surface area contributed by atoms with Crippen LogP contribution in [0, 0.1) is 0 Å². The number of benzene rings is 2. The van der Waals surface area contributed by atoms with Crippen molar-refractivity contribution in [2.45, 2.75) is 12.5 Å². The Balaban J connectivity index is 1.50. The molecule has 0 fully saturated rings. The normalized spacial score (nSPS) is 16.4. The van der Waals surface area contributed by atoms with Crippen molar-refractivity contribution in [3.05, 3.63) is 101 Å². The summed E-state index contributed by atoms with van der Waals surface area (Å²) in [7, 11) is 0. The lowest BCUT2D eigenvalue weighted by atomic mass is 9.91. The van der Waals surface area contributed by atoms with Crippen LogP contribution < -0.4 is 5.32 Å². The number of halogens is 1. The summed E-state index contributed by atoms with van der Waals surface area (Å²) in [5, 5.41) is 11.2. The van der Waals surface area contributed by atoms with Crippen molar-refractivity contribution < 1.29 is 0 Å². The van der Waals surface area contributed by atoms with Gasteiger partial charge in [-0.1, -0.05) is 60.1 Å². The zero-order chi connectivity index (χ0) is 18.5. The summed E-state index contributed by atoms with van der Waals surface area (Å²) < 4.78 is 0. The number of nitrogens with zero attached hydrogens (tertiary/aromatic N) is 3. The lowest BCUT2D eigenvalue weighted by Crippen LogP contribution is -2.29. The molecule has 136 valence electrons. The van der Waals surface area contributed by atoms with E-state index < -0.39 is 0 Å². The van der Waals surface area contributed by atoms with Gasteiger partial charge in [0.15, 0.2) is 0 Å². The molecule has 1 aliphatic heterocycles. The van der Waals surface area contributed by atoms with Crippen LogP contribution in [-0.2, 0) is 6.54 Å². The van der Waals surface area contributed by atoms with Gasteiger partial charge in [0.25, 0.3) is 0 Å². The molecule has 0 amide bonds. The van der Waals surface area contributed by atoms with Gasteiger partial charge < -0.3 is 0 Å². The van der Waals surface area contributed by atoms with Crippen LogP contribution in [0.3, 0.4) is 0 Å². The summed E-state index contributed by atoms with van der Waals surface area (Å²) in [6, 6.07) is 22.5. The van der Waals surface area contributed by atoms with Gasteiger partial charge in [-0.05, 0) is 34.9 Å². The second-order valence-electron chi connectivity index (χ2n) is 6.59. The fourth-order valence-corrected chi connectivity index (χ4v) is 3.45. The molecule has 0 radical (unpaired) electrons. The van der Waals surface area contributed by atoms with Gasteiger partial charge in [0.1, 0.15) is 0 Å². The van der Waals surface area contributed by atoms with Crippen molar-refractivity contribution in [2.75, 3.05) is 13.2 Å². The lowest BCUT2D eigenvalue weighted by Gasteiger charge is -2.17. The molecule has 0 aliphatic carbocycles. The van der Waals surface area contributed by atoms with E-state index in [2.05, 4.69) is 45.6 Å². The Morgan fingerprint density at radius 2 is 1.81 bits per heavy atom. The minimum absolute atomic E-state index is 0.243. The summed E-state index contributed by atoms with van der Waals surface area (Å²) in [4.78, 5) is 4.15. The zero-order valence-electron chi connectivity index (χ0n) is 14.9. The third-order valence-electron chi connectivity index (χ3n) is 4.66. The molecule has 2 aromatic carbocycles. The van der Waals surface area contributed by atoms with Crippen molar-refractivity contribution >= 4 is 17.3 Å². The van der Waals surface area contributed by atoms with Gasteiger partial charge in [-0.2, -0.15) is 5.10 Å². The van der Waals surface area contributed by atoms with Gasteiger partial charge in [0.2, 0.25) is 0 Å². The van der Waals surface area contributed by atoms with E-state index in [0.717, 1.165) is 29.4 Å². The fraction of sp³-hybridized carbons (Fsp3) is 0.182. The van der Waals surface area contributed by atoms with Gasteiger partial charge in [-0.15, -0.1) is 0 Å². The molecule has 1 N–H and O–H groups in total. The number of hydrogen-bond acceptors (Lipinski definition) is 4. The number of hydrogen-bond donors (Lipinski definition) is 1. The number of aromatic nitrogens is 1. The highest BCUT2D eigenvalue weighted by atomic mass is 35.5. The molecule has 0 bridgehead atoms. The molecule has 5 heteroatoms. The summed E-state index contributed by atoms with van der Waals surface area (Å²) in [5.74, 6) is 0.243. The first-order valence-corrected chi connectivity index (χ1v) is 9.41. The van der Waals surface area contributed by atoms with Crippen molar-refractivity contribution in [3.8, 4) is 0 Å². The second kappa shape index (κ2) is 8.33. The maximum Gasteiger partial charge on any atom is 0.0857 e. The lowest BCUT2D eigenvalue weighted by molar-refractivity contribution is 0.283. The Morgan fingerprint density at radius 3 is 2.56 bits per heavy atom. The molecule has 27 heavy (non-hydrogen) atoms. The third-order valence-corrected chi connectivity index (χ3v) is 4.91. The van der Waals surface area contributed by atoms with Crippen LogP contribution in [0.2, 0.25) is 5.02 Å². The smallest absolute Gasteiger partial charge is 0.0857 e. The summed E-state index contributed by atoms with van der Waals surface area (Å²) in [6.45, 7) is 2.31. The van der Waals surface area contributed by atoms with Crippen molar-refractivity contribution in [2.24, 2.45) is 5.10 Å². The number of hydrazone groups is 1. The molecule has 0 saturated carbocycles. The summed E-state index contributed by atoms with van der Waals surface area (Å²) >= 11 is 6.06. The summed E-state index contributed by atoms with van der Waals surface area (Å²) in [5.41, 5.74) is 4.64. The van der Waals surface area contributed by atoms with E-state index in [4.69, 9.17) is 16.7 Å². The van der Waals surface area contributed by atoms with E-state index in [1.807, 2.05) is 42.6 Å². The van der Waals surface area contributed by atoms with Crippen LogP contribution in [0.5, 0.6) is 0 Å². The highest BCUT2D eigenvalue weighted by Gasteiger charge is 2.28. The Labute approximate surface area is 164 Å². The average Bonchev–Trinajstić information content (AvgIpc) is 3.14. The van der Waals surface area contributed by atoms with Crippen LogP contribution in [0.4, 0.5) is 0 Å².